The first-order valence-electron chi connectivity index (χ1n) is 10.1. The van der Waals surface area contributed by atoms with Crippen LogP contribution < -0.4 is 11.1 Å². The van der Waals surface area contributed by atoms with Crippen LogP contribution in [0.2, 0.25) is 0 Å². The molecule has 0 saturated heterocycles. The maximum Gasteiger partial charge on any atom is 0.255 e. The van der Waals surface area contributed by atoms with Crippen LogP contribution in [0.25, 0.3) is 22.0 Å². The van der Waals surface area contributed by atoms with Gasteiger partial charge in [0.1, 0.15) is 0 Å². The van der Waals surface area contributed by atoms with E-state index >= 15 is 0 Å². The maximum atomic E-state index is 13.0. The topological polar surface area (TPSA) is 80.9 Å². The van der Waals surface area contributed by atoms with Crippen LogP contribution >= 0.6 is 15.9 Å². The van der Waals surface area contributed by atoms with E-state index < -0.39 is 0 Å². The number of nitrogen functional groups attached to an aromatic ring is 1. The van der Waals surface area contributed by atoms with Gasteiger partial charge in [-0.15, -0.1) is 0 Å². The van der Waals surface area contributed by atoms with E-state index in [0.717, 1.165) is 32.2 Å². The van der Waals surface area contributed by atoms with Crippen molar-refractivity contribution in [2.24, 2.45) is 0 Å². The van der Waals surface area contributed by atoms with Crippen LogP contribution in [0.3, 0.4) is 0 Å². The highest BCUT2D eigenvalue weighted by Gasteiger charge is 2.12. The number of aryl methyl sites for hydroxylation is 1. The number of hydrogen-bond donors (Lipinski definition) is 2. The standard InChI is InChI=1S/C25H23BrN4O/c1-14(2)22-6-5-21(8-15(22)3)29-24(31)18-10-17(11-20(26)12-18)16-4-7-23-19(9-16)13-28-25(27)30-23/h4-14H,1-3H3,(H,29,31)(H2,27,28,30). The van der Waals surface area contributed by atoms with Gasteiger partial charge in [0.15, 0.2) is 0 Å². The number of halogens is 1. The Hall–Kier alpha value is -3.25. The number of carbonyl (C=O) groups is 1. The van der Waals surface area contributed by atoms with Crippen molar-refractivity contribution in [2.75, 3.05) is 11.1 Å². The van der Waals surface area contributed by atoms with Crippen molar-refractivity contribution >= 4 is 44.4 Å². The molecule has 156 valence electrons. The molecular formula is C25H23BrN4O. The Morgan fingerprint density at radius 3 is 2.58 bits per heavy atom. The molecule has 0 aliphatic carbocycles. The number of hydrogen-bond acceptors (Lipinski definition) is 4. The van der Waals surface area contributed by atoms with Gasteiger partial charge in [-0.25, -0.2) is 9.97 Å². The summed E-state index contributed by atoms with van der Waals surface area (Å²) in [6.07, 6.45) is 1.70. The second-order valence-electron chi connectivity index (χ2n) is 7.91. The van der Waals surface area contributed by atoms with Gasteiger partial charge in [0.05, 0.1) is 5.52 Å². The van der Waals surface area contributed by atoms with E-state index in [2.05, 4.69) is 58.1 Å². The van der Waals surface area contributed by atoms with Gasteiger partial charge in [-0.3, -0.25) is 4.79 Å². The zero-order chi connectivity index (χ0) is 22.1. The van der Waals surface area contributed by atoms with Crippen molar-refractivity contribution in [3.8, 4) is 11.1 Å². The molecule has 0 saturated carbocycles. The Kier molecular flexibility index (Phi) is 5.74. The molecule has 31 heavy (non-hydrogen) atoms. The lowest BCUT2D eigenvalue weighted by atomic mass is 9.97. The third-order valence-electron chi connectivity index (χ3n) is 5.24. The first kappa shape index (κ1) is 21.0. The number of fused-ring (bicyclic) bond motifs is 1. The van der Waals surface area contributed by atoms with Crippen LogP contribution in [0.5, 0.6) is 0 Å². The average molecular weight is 475 g/mol. The third kappa shape index (κ3) is 4.59. The molecule has 1 amide bonds. The summed E-state index contributed by atoms with van der Waals surface area (Å²) in [6, 6.07) is 17.6. The fourth-order valence-electron chi connectivity index (χ4n) is 3.72. The van der Waals surface area contributed by atoms with Crippen LogP contribution in [-0.4, -0.2) is 15.9 Å². The number of aromatic nitrogens is 2. The Labute approximate surface area is 189 Å². The number of benzene rings is 3. The average Bonchev–Trinajstić information content (AvgIpc) is 2.72. The van der Waals surface area contributed by atoms with Gasteiger partial charge in [-0.05, 0) is 77.6 Å². The number of anilines is 2. The molecule has 0 spiro atoms. The second kappa shape index (κ2) is 8.47. The summed E-state index contributed by atoms with van der Waals surface area (Å²) in [4.78, 5) is 21.3. The van der Waals surface area contributed by atoms with Crippen molar-refractivity contribution in [3.63, 3.8) is 0 Å². The highest BCUT2D eigenvalue weighted by atomic mass is 79.9. The molecule has 0 fully saturated rings. The van der Waals surface area contributed by atoms with Crippen LogP contribution in [0, 0.1) is 6.92 Å². The molecule has 0 unspecified atom stereocenters. The third-order valence-corrected chi connectivity index (χ3v) is 5.70. The smallest absolute Gasteiger partial charge is 0.255 e. The van der Waals surface area contributed by atoms with Crippen molar-refractivity contribution in [3.05, 3.63) is 82.0 Å². The summed E-state index contributed by atoms with van der Waals surface area (Å²) in [5.41, 5.74) is 12.1. The number of nitrogens with two attached hydrogens (primary N) is 1. The molecule has 3 N–H and O–H groups in total. The Morgan fingerprint density at radius 1 is 1.03 bits per heavy atom. The van der Waals surface area contributed by atoms with Gasteiger partial charge in [-0.2, -0.15) is 0 Å². The van der Waals surface area contributed by atoms with Gasteiger partial charge in [0, 0.05) is 27.3 Å². The minimum absolute atomic E-state index is 0.156. The summed E-state index contributed by atoms with van der Waals surface area (Å²) in [7, 11) is 0. The fourth-order valence-corrected chi connectivity index (χ4v) is 4.21. The molecule has 0 aliphatic heterocycles. The SMILES string of the molecule is Cc1cc(NC(=O)c2cc(Br)cc(-c3ccc4nc(N)ncc4c3)c2)ccc1C(C)C. The van der Waals surface area contributed by atoms with Crippen LogP contribution in [-0.2, 0) is 0 Å². The van der Waals surface area contributed by atoms with E-state index in [1.165, 1.54) is 11.1 Å². The predicted molar refractivity (Wildman–Crippen MR) is 130 cm³/mol. The van der Waals surface area contributed by atoms with Gasteiger partial charge in [0.25, 0.3) is 5.91 Å². The van der Waals surface area contributed by atoms with E-state index in [1.54, 1.807) is 6.20 Å². The van der Waals surface area contributed by atoms with Gasteiger partial charge < -0.3 is 11.1 Å². The summed E-state index contributed by atoms with van der Waals surface area (Å²) in [5.74, 6) is 0.538. The number of nitrogens with zero attached hydrogens (tertiary/aromatic N) is 2. The summed E-state index contributed by atoms with van der Waals surface area (Å²) >= 11 is 3.54. The molecule has 4 rings (SSSR count). The highest BCUT2D eigenvalue weighted by Crippen LogP contribution is 2.28. The van der Waals surface area contributed by atoms with Crippen molar-refractivity contribution in [1.82, 2.24) is 9.97 Å². The zero-order valence-corrected chi connectivity index (χ0v) is 19.2. The van der Waals surface area contributed by atoms with E-state index in [9.17, 15) is 4.79 Å². The largest absolute Gasteiger partial charge is 0.368 e. The van der Waals surface area contributed by atoms with Crippen molar-refractivity contribution in [1.29, 1.82) is 0 Å². The minimum Gasteiger partial charge on any atom is -0.368 e. The Balaban J connectivity index is 1.64. The molecule has 1 heterocycles. The summed E-state index contributed by atoms with van der Waals surface area (Å²) in [5, 5.41) is 3.90. The van der Waals surface area contributed by atoms with Gasteiger partial charge in [0.2, 0.25) is 5.95 Å². The number of nitrogens with one attached hydrogen (secondary N) is 1. The Morgan fingerprint density at radius 2 is 1.84 bits per heavy atom. The quantitative estimate of drug-likeness (QED) is 0.362. The lowest BCUT2D eigenvalue weighted by molar-refractivity contribution is 0.102. The number of rotatable bonds is 4. The molecule has 3 aromatic carbocycles. The van der Waals surface area contributed by atoms with Crippen LogP contribution in [0.4, 0.5) is 11.6 Å². The first-order chi connectivity index (χ1) is 14.8. The fraction of sp³-hybridized carbons (Fsp3) is 0.160. The van der Waals surface area contributed by atoms with Crippen molar-refractivity contribution in [2.45, 2.75) is 26.7 Å². The summed E-state index contributed by atoms with van der Waals surface area (Å²) < 4.78 is 0.829. The Bertz CT molecular complexity index is 1300. The second-order valence-corrected chi connectivity index (χ2v) is 8.83. The van der Waals surface area contributed by atoms with E-state index in [4.69, 9.17) is 5.73 Å². The van der Waals surface area contributed by atoms with E-state index in [-0.39, 0.29) is 11.9 Å². The molecule has 0 atom stereocenters. The van der Waals surface area contributed by atoms with Crippen molar-refractivity contribution < 1.29 is 4.79 Å². The molecule has 6 heteroatoms. The number of carbonyl (C=O) groups excluding carboxylic acids is 1. The lowest BCUT2D eigenvalue weighted by Crippen LogP contribution is -2.12. The maximum absolute atomic E-state index is 13.0. The monoisotopic (exact) mass is 474 g/mol. The normalized spacial score (nSPS) is 11.1. The van der Waals surface area contributed by atoms with E-state index in [1.807, 2.05) is 48.5 Å². The van der Waals surface area contributed by atoms with Gasteiger partial charge >= 0.3 is 0 Å². The predicted octanol–water partition coefficient (Wildman–Crippen LogP) is 6.33. The minimum atomic E-state index is -0.156. The molecule has 5 nitrogen and oxygen atoms in total. The van der Waals surface area contributed by atoms with Crippen LogP contribution in [0.1, 0.15) is 41.3 Å². The highest BCUT2D eigenvalue weighted by molar-refractivity contribution is 9.10. The van der Waals surface area contributed by atoms with Crippen LogP contribution in [0.15, 0.2) is 65.3 Å². The molecule has 0 bridgehead atoms. The molecular weight excluding hydrogens is 452 g/mol. The molecule has 4 aromatic rings. The molecule has 0 radical (unpaired) electrons. The molecule has 1 aromatic heterocycles. The van der Waals surface area contributed by atoms with Gasteiger partial charge in [-0.1, -0.05) is 41.9 Å². The summed E-state index contributed by atoms with van der Waals surface area (Å²) in [6.45, 7) is 6.40. The molecule has 0 aliphatic rings. The zero-order valence-electron chi connectivity index (χ0n) is 17.6. The lowest BCUT2D eigenvalue weighted by Gasteiger charge is -2.13. The number of amides is 1. The first-order valence-corrected chi connectivity index (χ1v) is 10.8. The van der Waals surface area contributed by atoms with E-state index in [0.29, 0.717) is 11.5 Å².